The summed E-state index contributed by atoms with van der Waals surface area (Å²) in [5.41, 5.74) is 0.152. The van der Waals surface area contributed by atoms with Crippen molar-refractivity contribution in [3.05, 3.63) is 17.7 Å². The molecular formula is C18H25NO8. The number of hydrogen-bond acceptors (Lipinski definition) is 8. The van der Waals surface area contributed by atoms with E-state index in [0.29, 0.717) is 30.3 Å². The first kappa shape index (κ1) is 22.1. The Bertz CT molecular complexity index is 634. The van der Waals surface area contributed by atoms with Gasteiger partial charge < -0.3 is 29.0 Å². The Morgan fingerprint density at radius 2 is 1.59 bits per heavy atom. The predicted molar refractivity (Wildman–Crippen MR) is 95.3 cm³/mol. The van der Waals surface area contributed by atoms with E-state index in [0.717, 1.165) is 0 Å². The number of ether oxygens (including phenoxy) is 5. The van der Waals surface area contributed by atoms with Crippen molar-refractivity contribution >= 4 is 17.8 Å². The fourth-order valence-electron chi connectivity index (χ4n) is 2.16. The monoisotopic (exact) mass is 383 g/mol. The highest BCUT2D eigenvalue weighted by Gasteiger charge is 2.18. The van der Waals surface area contributed by atoms with Crippen molar-refractivity contribution in [1.82, 2.24) is 5.32 Å². The highest BCUT2D eigenvalue weighted by Crippen LogP contribution is 2.38. The molecule has 0 heterocycles. The van der Waals surface area contributed by atoms with Crippen LogP contribution in [0.2, 0.25) is 0 Å². The van der Waals surface area contributed by atoms with E-state index in [2.05, 4.69) is 5.32 Å². The van der Waals surface area contributed by atoms with Crippen LogP contribution in [-0.2, 0) is 19.1 Å². The zero-order chi connectivity index (χ0) is 20.2. The molecule has 150 valence electrons. The Morgan fingerprint density at radius 3 is 2.11 bits per heavy atom. The molecule has 0 atom stereocenters. The first-order chi connectivity index (χ1) is 13.0. The summed E-state index contributed by atoms with van der Waals surface area (Å²) < 4.78 is 25.3. The van der Waals surface area contributed by atoms with Gasteiger partial charge in [-0.1, -0.05) is 0 Å². The SMILES string of the molecule is CCOC(=O)CCCNC(=O)COC(=O)c1cc(OC)c(OC)c(OC)c1. The number of methoxy groups -OCH3 is 3. The van der Waals surface area contributed by atoms with Crippen LogP contribution in [0.4, 0.5) is 0 Å². The number of carbonyl (C=O) groups excluding carboxylic acids is 3. The van der Waals surface area contributed by atoms with Gasteiger partial charge in [0.2, 0.25) is 5.75 Å². The van der Waals surface area contributed by atoms with Crippen molar-refractivity contribution in [3.8, 4) is 17.2 Å². The number of hydrogen-bond donors (Lipinski definition) is 1. The molecule has 0 aromatic heterocycles. The largest absolute Gasteiger partial charge is 0.493 e. The second-order valence-corrected chi connectivity index (χ2v) is 5.25. The third-order valence-electron chi connectivity index (χ3n) is 3.42. The molecule has 1 amide bonds. The maximum Gasteiger partial charge on any atom is 0.338 e. The Morgan fingerprint density at radius 1 is 0.963 bits per heavy atom. The highest BCUT2D eigenvalue weighted by molar-refractivity contribution is 5.92. The maximum absolute atomic E-state index is 12.2. The number of carbonyl (C=O) groups is 3. The zero-order valence-corrected chi connectivity index (χ0v) is 16.0. The van der Waals surface area contributed by atoms with E-state index in [9.17, 15) is 14.4 Å². The average Bonchev–Trinajstić information content (AvgIpc) is 2.68. The summed E-state index contributed by atoms with van der Waals surface area (Å²) in [6, 6.07) is 2.86. The van der Waals surface area contributed by atoms with E-state index in [1.54, 1.807) is 6.92 Å². The molecule has 9 nitrogen and oxygen atoms in total. The van der Waals surface area contributed by atoms with E-state index in [-0.39, 0.29) is 24.5 Å². The molecule has 0 spiro atoms. The molecule has 0 fully saturated rings. The topological polar surface area (TPSA) is 109 Å². The predicted octanol–water partition coefficient (Wildman–Crippen LogP) is 1.33. The Hall–Kier alpha value is -2.97. The standard InChI is InChI=1S/C18H25NO8/c1-5-26-16(21)7-6-8-19-15(20)11-27-18(22)12-9-13(23-2)17(25-4)14(10-12)24-3/h9-10H,5-8,11H2,1-4H3,(H,19,20). The number of benzene rings is 1. The molecule has 0 unspecified atom stereocenters. The van der Waals surface area contributed by atoms with Crippen LogP contribution in [0.25, 0.3) is 0 Å². The van der Waals surface area contributed by atoms with Crippen molar-refractivity contribution in [2.45, 2.75) is 19.8 Å². The Balaban J connectivity index is 2.52. The van der Waals surface area contributed by atoms with Crippen molar-refractivity contribution in [1.29, 1.82) is 0 Å². The van der Waals surface area contributed by atoms with Gasteiger partial charge in [-0.15, -0.1) is 0 Å². The van der Waals surface area contributed by atoms with Gasteiger partial charge in [-0.2, -0.15) is 0 Å². The van der Waals surface area contributed by atoms with E-state index >= 15 is 0 Å². The van der Waals surface area contributed by atoms with Gasteiger partial charge in [-0.3, -0.25) is 9.59 Å². The first-order valence-corrected chi connectivity index (χ1v) is 8.36. The van der Waals surface area contributed by atoms with Crippen LogP contribution >= 0.6 is 0 Å². The first-order valence-electron chi connectivity index (χ1n) is 8.36. The quantitative estimate of drug-likeness (QED) is 0.450. The van der Waals surface area contributed by atoms with Gasteiger partial charge in [-0.25, -0.2) is 4.79 Å². The molecule has 1 aromatic rings. The van der Waals surface area contributed by atoms with Crippen molar-refractivity contribution in [2.24, 2.45) is 0 Å². The summed E-state index contributed by atoms with van der Waals surface area (Å²) in [6.07, 6.45) is 0.644. The second kappa shape index (κ2) is 11.6. The van der Waals surface area contributed by atoms with Gasteiger partial charge in [0.15, 0.2) is 18.1 Å². The molecule has 27 heavy (non-hydrogen) atoms. The molecule has 0 saturated carbocycles. The minimum absolute atomic E-state index is 0.152. The lowest BCUT2D eigenvalue weighted by molar-refractivity contribution is -0.143. The molecule has 0 saturated heterocycles. The maximum atomic E-state index is 12.2. The van der Waals surface area contributed by atoms with Gasteiger partial charge in [-0.05, 0) is 25.5 Å². The molecule has 0 radical (unpaired) electrons. The van der Waals surface area contributed by atoms with Gasteiger partial charge in [0.05, 0.1) is 33.5 Å². The van der Waals surface area contributed by atoms with Crippen molar-refractivity contribution in [2.75, 3.05) is 41.1 Å². The van der Waals surface area contributed by atoms with Crippen LogP contribution in [0.1, 0.15) is 30.1 Å². The molecule has 0 aliphatic rings. The molecule has 9 heteroatoms. The lowest BCUT2D eigenvalue weighted by Crippen LogP contribution is -2.30. The van der Waals surface area contributed by atoms with Gasteiger partial charge in [0.1, 0.15) is 0 Å². The van der Waals surface area contributed by atoms with E-state index in [1.807, 2.05) is 0 Å². The summed E-state index contributed by atoms with van der Waals surface area (Å²) in [7, 11) is 4.30. The normalized spacial score (nSPS) is 9.93. The van der Waals surface area contributed by atoms with Crippen LogP contribution in [0, 0.1) is 0 Å². The Kier molecular flexibility index (Phi) is 9.49. The fraction of sp³-hybridized carbons (Fsp3) is 0.500. The molecule has 1 N–H and O–H groups in total. The van der Waals surface area contributed by atoms with Crippen LogP contribution in [0.5, 0.6) is 17.2 Å². The molecule has 0 aliphatic carbocycles. The molecule has 1 aromatic carbocycles. The summed E-state index contributed by atoms with van der Waals surface area (Å²) in [4.78, 5) is 35.1. The van der Waals surface area contributed by atoms with Crippen molar-refractivity contribution < 1.29 is 38.1 Å². The third kappa shape index (κ3) is 7.04. The highest BCUT2D eigenvalue weighted by atomic mass is 16.5. The second-order valence-electron chi connectivity index (χ2n) is 5.25. The minimum Gasteiger partial charge on any atom is -0.493 e. The molecule has 0 aliphatic heterocycles. The number of amides is 1. The Labute approximate surface area is 157 Å². The molecule has 0 bridgehead atoms. The lowest BCUT2D eigenvalue weighted by atomic mass is 10.2. The number of nitrogens with one attached hydrogen (secondary N) is 1. The molecular weight excluding hydrogens is 358 g/mol. The number of rotatable bonds is 11. The van der Waals surface area contributed by atoms with E-state index in [1.165, 1.54) is 33.5 Å². The molecule has 1 rings (SSSR count). The van der Waals surface area contributed by atoms with E-state index in [4.69, 9.17) is 23.7 Å². The van der Waals surface area contributed by atoms with Gasteiger partial charge in [0, 0.05) is 13.0 Å². The summed E-state index contributed by atoms with van der Waals surface area (Å²) in [5.74, 6) is -0.563. The lowest BCUT2D eigenvalue weighted by Gasteiger charge is -2.13. The summed E-state index contributed by atoms with van der Waals surface area (Å²) in [6.45, 7) is 1.87. The van der Waals surface area contributed by atoms with Crippen molar-refractivity contribution in [3.63, 3.8) is 0 Å². The average molecular weight is 383 g/mol. The minimum atomic E-state index is -0.712. The zero-order valence-electron chi connectivity index (χ0n) is 16.0. The third-order valence-corrected chi connectivity index (χ3v) is 3.42. The van der Waals surface area contributed by atoms with Crippen LogP contribution in [0.15, 0.2) is 12.1 Å². The fourth-order valence-corrected chi connectivity index (χ4v) is 2.16. The number of esters is 2. The van der Waals surface area contributed by atoms with Crippen LogP contribution in [-0.4, -0.2) is 58.9 Å². The smallest absolute Gasteiger partial charge is 0.338 e. The van der Waals surface area contributed by atoms with Gasteiger partial charge >= 0.3 is 11.9 Å². The summed E-state index contributed by atoms with van der Waals surface area (Å²) in [5, 5.41) is 2.56. The van der Waals surface area contributed by atoms with E-state index < -0.39 is 18.5 Å². The summed E-state index contributed by atoms with van der Waals surface area (Å²) >= 11 is 0. The van der Waals surface area contributed by atoms with Crippen LogP contribution in [0.3, 0.4) is 0 Å². The van der Waals surface area contributed by atoms with Crippen LogP contribution < -0.4 is 19.5 Å². The van der Waals surface area contributed by atoms with Gasteiger partial charge in [0.25, 0.3) is 5.91 Å².